The third-order valence-electron chi connectivity index (χ3n) is 4.50. The van der Waals surface area contributed by atoms with Crippen LogP contribution in [-0.2, 0) is 11.3 Å². The number of hydrogen-bond acceptors (Lipinski definition) is 5. The summed E-state index contributed by atoms with van der Waals surface area (Å²) in [6, 6.07) is 4.36. The van der Waals surface area contributed by atoms with Gasteiger partial charge in [-0.05, 0) is 32.9 Å². The Morgan fingerprint density at radius 3 is 2.65 bits per heavy atom. The van der Waals surface area contributed by atoms with Gasteiger partial charge in [0.25, 0.3) is 0 Å². The number of aryl methyl sites for hydroxylation is 3. The van der Waals surface area contributed by atoms with Crippen molar-refractivity contribution < 1.29 is 9.15 Å². The molecule has 1 saturated heterocycles. The number of ether oxygens (including phenoxy) is 1. The number of aromatic nitrogens is 2. The fourth-order valence-electron chi connectivity index (χ4n) is 3.10. The van der Waals surface area contributed by atoms with Gasteiger partial charge in [-0.1, -0.05) is 0 Å². The van der Waals surface area contributed by atoms with Gasteiger partial charge in [-0.2, -0.15) is 5.10 Å². The topological polar surface area (TPSA) is 66.3 Å². The highest BCUT2D eigenvalue weighted by atomic mass is 16.5. The van der Waals surface area contributed by atoms with Gasteiger partial charge in [-0.25, -0.2) is 0 Å². The fraction of sp³-hybridized carbons (Fsp3) is 0.588. The maximum absolute atomic E-state index is 5.89. The normalized spacial score (nSPS) is 17.5. The van der Waals surface area contributed by atoms with Gasteiger partial charge in [0.1, 0.15) is 11.5 Å². The zero-order chi connectivity index (χ0) is 16.2. The summed E-state index contributed by atoms with van der Waals surface area (Å²) in [5, 5.41) is 10.9. The highest BCUT2D eigenvalue weighted by Crippen LogP contribution is 2.23. The number of nitrogens with one attached hydrogen (secondary N) is 2. The zero-order valence-electron chi connectivity index (χ0n) is 14.2. The van der Waals surface area contributed by atoms with Crippen LogP contribution < -0.4 is 5.32 Å². The van der Waals surface area contributed by atoms with Gasteiger partial charge in [0.2, 0.25) is 0 Å². The van der Waals surface area contributed by atoms with Crippen LogP contribution in [-0.4, -0.2) is 47.9 Å². The molecule has 1 fully saturated rings. The lowest BCUT2D eigenvalue weighted by molar-refractivity contribution is 0.0115. The van der Waals surface area contributed by atoms with Gasteiger partial charge < -0.3 is 14.5 Å². The third-order valence-corrected chi connectivity index (χ3v) is 4.50. The number of H-pyrrole nitrogens is 1. The molecule has 0 saturated carbocycles. The minimum absolute atomic E-state index is 0.236. The standard InChI is InChI=1S/C17H26N4O2/c1-12-4-5-17(23-12)16(21-6-8-22-9-7-21)11-18-10-15-13(2)19-20-14(15)3/h4-5,16,18H,6-11H2,1-3H3,(H,19,20). The second-order valence-corrected chi connectivity index (χ2v) is 6.16. The first-order valence-electron chi connectivity index (χ1n) is 8.24. The molecule has 23 heavy (non-hydrogen) atoms. The smallest absolute Gasteiger partial charge is 0.122 e. The average Bonchev–Trinajstić information content (AvgIpc) is 3.12. The summed E-state index contributed by atoms with van der Waals surface area (Å²) in [5.74, 6) is 1.98. The Bertz CT molecular complexity index is 609. The summed E-state index contributed by atoms with van der Waals surface area (Å²) in [6.07, 6.45) is 0. The first kappa shape index (κ1) is 16.2. The molecule has 0 spiro atoms. The highest BCUT2D eigenvalue weighted by Gasteiger charge is 2.25. The second kappa shape index (κ2) is 7.29. The van der Waals surface area contributed by atoms with Crippen molar-refractivity contribution >= 4 is 0 Å². The Morgan fingerprint density at radius 1 is 1.26 bits per heavy atom. The van der Waals surface area contributed by atoms with Crippen LogP contribution in [0.4, 0.5) is 0 Å². The maximum Gasteiger partial charge on any atom is 0.122 e. The SMILES string of the molecule is Cc1ccc(C(CNCc2c(C)n[nH]c2C)N2CCOCC2)o1. The van der Waals surface area contributed by atoms with Gasteiger partial charge in [0.15, 0.2) is 0 Å². The van der Waals surface area contributed by atoms with Crippen molar-refractivity contribution in [3.05, 3.63) is 40.6 Å². The van der Waals surface area contributed by atoms with E-state index in [4.69, 9.17) is 9.15 Å². The molecule has 0 aliphatic carbocycles. The number of aromatic amines is 1. The summed E-state index contributed by atoms with van der Waals surface area (Å²) in [4.78, 5) is 2.43. The molecule has 1 unspecified atom stereocenters. The molecule has 0 aromatic carbocycles. The van der Waals surface area contributed by atoms with Gasteiger partial charge in [0.05, 0.1) is 24.9 Å². The van der Waals surface area contributed by atoms with Crippen molar-refractivity contribution in [2.24, 2.45) is 0 Å². The van der Waals surface area contributed by atoms with Crippen molar-refractivity contribution in [1.29, 1.82) is 0 Å². The predicted molar refractivity (Wildman–Crippen MR) is 88.3 cm³/mol. The summed E-state index contributed by atoms with van der Waals surface area (Å²) in [7, 11) is 0. The first-order chi connectivity index (χ1) is 11.1. The number of morpholine rings is 1. The van der Waals surface area contributed by atoms with Crippen LogP contribution >= 0.6 is 0 Å². The molecule has 6 heteroatoms. The lowest BCUT2D eigenvalue weighted by Crippen LogP contribution is -2.42. The van der Waals surface area contributed by atoms with Crippen LogP contribution in [0.5, 0.6) is 0 Å². The Labute approximate surface area is 137 Å². The molecule has 1 atom stereocenters. The molecule has 2 N–H and O–H groups in total. The molecule has 1 aliphatic rings. The molecule has 0 bridgehead atoms. The molecule has 126 valence electrons. The molecule has 0 radical (unpaired) electrons. The number of hydrogen-bond donors (Lipinski definition) is 2. The van der Waals surface area contributed by atoms with Gasteiger partial charge in [0, 0.05) is 37.4 Å². The predicted octanol–water partition coefficient (Wildman–Crippen LogP) is 2.09. The fourth-order valence-corrected chi connectivity index (χ4v) is 3.10. The summed E-state index contributed by atoms with van der Waals surface area (Å²) in [6.45, 7) is 11.2. The van der Waals surface area contributed by atoms with Crippen LogP contribution in [0, 0.1) is 20.8 Å². The molecule has 3 heterocycles. The maximum atomic E-state index is 5.89. The Kier molecular flexibility index (Phi) is 5.15. The molecular formula is C17H26N4O2. The van der Waals surface area contributed by atoms with Gasteiger partial charge in [-0.3, -0.25) is 10.00 Å². The molecule has 2 aromatic heterocycles. The number of furan rings is 1. The van der Waals surface area contributed by atoms with Crippen molar-refractivity contribution in [3.8, 4) is 0 Å². The Morgan fingerprint density at radius 2 is 2.04 bits per heavy atom. The molecule has 1 aliphatic heterocycles. The van der Waals surface area contributed by atoms with E-state index in [1.165, 1.54) is 5.56 Å². The van der Waals surface area contributed by atoms with E-state index in [2.05, 4.69) is 33.4 Å². The Balaban J connectivity index is 1.66. The third kappa shape index (κ3) is 3.83. The summed E-state index contributed by atoms with van der Waals surface area (Å²) >= 11 is 0. The van der Waals surface area contributed by atoms with E-state index in [9.17, 15) is 0 Å². The van der Waals surface area contributed by atoms with E-state index in [0.717, 1.165) is 62.3 Å². The van der Waals surface area contributed by atoms with Crippen LogP contribution in [0.25, 0.3) is 0 Å². The van der Waals surface area contributed by atoms with Crippen molar-refractivity contribution in [2.45, 2.75) is 33.4 Å². The molecule has 3 rings (SSSR count). The molecule has 6 nitrogen and oxygen atoms in total. The molecular weight excluding hydrogens is 292 g/mol. The van der Waals surface area contributed by atoms with E-state index in [0.29, 0.717) is 0 Å². The van der Waals surface area contributed by atoms with Gasteiger partial charge in [-0.15, -0.1) is 0 Å². The van der Waals surface area contributed by atoms with Gasteiger partial charge >= 0.3 is 0 Å². The zero-order valence-corrected chi connectivity index (χ0v) is 14.2. The minimum atomic E-state index is 0.236. The minimum Gasteiger partial charge on any atom is -0.465 e. The second-order valence-electron chi connectivity index (χ2n) is 6.16. The molecule has 0 amide bonds. The van der Waals surface area contributed by atoms with Crippen molar-refractivity contribution in [1.82, 2.24) is 20.4 Å². The summed E-state index contributed by atoms with van der Waals surface area (Å²) in [5.41, 5.74) is 3.44. The molecule has 2 aromatic rings. The van der Waals surface area contributed by atoms with Crippen molar-refractivity contribution in [2.75, 3.05) is 32.8 Å². The lowest BCUT2D eigenvalue weighted by Gasteiger charge is -2.33. The monoisotopic (exact) mass is 318 g/mol. The number of nitrogens with zero attached hydrogens (tertiary/aromatic N) is 2. The van der Waals surface area contributed by atoms with E-state index in [1.807, 2.05) is 19.9 Å². The summed E-state index contributed by atoms with van der Waals surface area (Å²) < 4.78 is 11.4. The Hall–Kier alpha value is -1.63. The quantitative estimate of drug-likeness (QED) is 0.854. The largest absolute Gasteiger partial charge is 0.465 e. The van der Waals surface area contributed by atoms with Crippen LogP contribution in [0.15, 0.2) is 16.5 Å². The number of rotatable bonds is 6. The van der Waals surface area contributed by atoms with Crippen molar-refractivity contribution in [3.63, 3.8) is 0 Å². The van der Waals surface area contributed by atoms with E-state index < -0.39 is 0 Å². The van der Waals surface area contributed by atoms with Crippen LogP contribution in [0.2, 0.25) is 0 Å². The lowest BCUT2D eigenvalue weighted by atomic mass is 10.1. The first-order valence-corrected chi connectivity index (χ1v) is 8.24. The van der Waals surface area contributed by atoms with E-state index >= 15 is 0 Å². The average molecular weight is 318 g/mol. The van der Waals surface area contributed by atoms with E-state index in [1.54, 1.807) is 0 Å². The van der Waals surface area contributed by atoms with E-state index in [-0.39, 0.29) is 6.04 Å². The highest BCUT2D eigenvalue weighted by molar-refractivity contribution is 5.22. The van der Waals surface area contributed by atoms with Crippen LogP contribution in [0.3, 0.4) is 0 Å². The van der Waals surface area contributed by atoms with Crippen LogP contribution in [0.1, 0.15) is 34.5 Å².